The summed E-state index contributed by atoms with van der Waals surface area (Å²) in [4.78, 5) is 40.1. The lowest BCUT2D eigenvalue weighted by Gasteiger charge is -2.30. The summed E-state index contributed by atoms with van der Waals surface area (Å²) in [6.07, 6.45) is 2.85. The maximum atomic E-state index is 13.1. The molecule has 2 heterocycles. The number of urea groups is 1. The van der Waals surface area contributed by atoms with Crippen molar-refractivity contribution in [1.29, 1.82) is 0 Å². The van der Waals surface area contributed by atoms with E-state index in [1.54, 1.807) is 21.0 Å². The summed E-state index contributed by atoms with van der Waals surface area (Å²) in [7, 11) is 1.62. The van der Waals surface area contributed by atoms with E-state index in [0.717, 1.165) is 35.6 Å². The van der Waals surface area contributed by atoms with E-state index >= 15 is 0 Å². The van der Waals surface area contributed by atoms with Gasteiger partial charge in [0, 0.05) is 0 Å². The fraction of sp³-hybridized carbons (Fsp3) is 0.591. The number of piperidine rings is 1. The van der Waals surface area contributed by atoms with E-state index in [0.29, 0.717) is 26.0 Å². The van der Waals surface area contributed by atoms with E-state index in [1.165, 1.54) is 4.90 Å². The van der Waals surface area contributed by atoms with Crippen LogP contribution in [0.2, 0.25) is 0 Å². The second-order valence-corrected chi connectivity index (χ2v) is 8.30. The fourth-order valence-electron chi connectivity index (χ4n) is 4.23. The number of esters is 1. The molecule has 1 aromatic rings. The second kappa shape index (κ2) is 9.47. The van der Waals surface area contributed by atoms with Crippen molar-refractivity contribution in [3.63, 3.8) is 0 Å². The predicted molar refractivity (Wildman–Crippen MR) is 110 cm³/mol. The van der Waals surface area contributed by atoms with Gasteiger partial charge in [0.1, 0.15) is 17.2 Å². The number of amides is 3. The standard InChI is InChI=1S/C22H31N3O5/c1-4-30-19(26)17-6-5-13-24(14-17)15-25-20(27)22(2,23-21(25)28)12-11-16-7-9-18(29-3)10-8-16/h7-10,17H,4-6,11-15H2,1-3H3,(H,23,28)/p+1/t17-,22+/m0/s1. The van der Waals surface area contributed by atoms with E-state index in [-0.39, 0.29) is 30.5 Å². The summed E-state index contributed by atoms with van der Waals surface area (Å²) in [6.45, 7) is 5.63. The largest absolute Gasteiger partial charge is 0.497 e. The van der Waals surface area contributed by atoms with Gasteiger partial charge in [-0.25, -0.2) is 9.69 Å². The van der Waals surface area contributed by atoms with Crippen molar-refractivity contribution in [1.82, 2.24) is 10.2 Å². The minimum absolute atomic E-state index is 0.170. The van der Waals surface area contributed by atoms with Crippen LogP contribution in [0.5, 0.6) is 5.75 Å². The van der Waals surface area contributed by atoms with Crippen LogP contribution in [0.4, 0.5) is 4.79 Å². The molecule has 2 saturated heterocycles. The van der Waals surface area contributed by atoms with Gasteiger partial charge in [0.05, 0.1) is 26.8 Å². The Morgan fingerprint density at radius 2 is 2.03 bits per heavy atom. The van der Waals surface area contributed by atoms with Gasteiger partial charge in [-0.05, 0) is 57.2 Å². The van der Waals surface area contributed by atoms with Crippen LogP contribution in [-0.2, 0) is 20.7 Å². The van der Waals surface area contributed by atoms with Gasteiger partial charge >= 0.3 is 12.0 Å². The number of carbonyl (C=O) groups is 3. The molecular formula is C22H32N3O5+. The zero-order chi connectivity index (χ0) is 21.7. The number of methoxy groups -OCH3 is 1. The molecule has 3 amide bonds. The van der Waals surface area contributed by atoms with Crippen LogP contribution >= 0.6 is 0 Å². The average molecular weight is 419 g/mol. The van der Waals surface area contributed by atoms with E-state index in [4.69, 9.17) is 9.47 Å². The average Bonchev–Trinajstić information content (AvgIpc) is 2.96. The van der Waals surface area contributed by atoms with Crippen molar-refractivity contribution in [2.75, 3.05) is 33.5 Å². The lowest BCUT2D eigenvalue weighted by atomic mass is 9.93. The highest BCUT2D eigenvalue weighted by Gasteiger charge is 2.49. The second-order valence-electron chi connectivity index (χ2n) is 8.30. The summed E-state index contributed by atoms with van der Waals surface area (Å²) in [5.41, 5.74) is 0.156. The van der Waals surface area contributed by atoms with Crippen LogP contribution in [0.3, 0.4) is 0 Å². The Balaban J connectivity index is 1.58. The first kappa shape index (κ1) is 22.1. The number of benzene rings is 1. The Morgan fingerprint density at radius 1 is 1.30 bits per heavy atom. The molecule has 2 N–H and O–H groups in total. The van der Waals surface area contributed by atoms with Gasteiger partial charge in [-0.2, -0.15) is 0 Å². The Bertz CT molecular complexity index is 781. The Morgan fingerprint density at radius 3 is 2.70 bits per heavy atom. The van der Waals surface area contributed by atoms with Crippen molar-refractivity contribution in [3.8, 4) is 5.75 Å². The molecule has 2 aliphatic rings. The predicted octanol–water partition coefficient (Wildman–Crippen LogP) is 0.754. The summed E-state index contributed by atoms with van der Waals surface area (Å²) in [5, 5.41) is 2.87. The molecule has 2 fully saturated rings. The van der Waals surface area contributed by atoms with Gasteiger partial charge in [-0.1, -0.05) is 12.1 Å². The number of likely N-dealkylation sites (tertiary alicyclic amines) is 1. The number of nitrogens with one attached hydrogen (secondary N) is 2. The molecule has 1 aromatic carbocycles. The molecule has 1 unspecified atom stereocenters. The molecule has 8 heteroatoms. The van der Waals surface area contributed by atoms with Crippen molar-refractivity contribution >= 4 is 17.9 Å². The molecule has 0 aliphatic carbocycles. The van der Waals surface area contributed by atoms with Crippen LogP contribution in [0, 0.1) is 5.92 Å². The Kier molecular flexibility index (Phi) is 6.97. The lowest BCUT2D eigenvalue weighted by molar-refractivity contribution is -0.914. The molecule has 0 aromatic heterocycles. The van der Waals surface area contributed by atoms with E-state index in [9.17, 15) is 14.4 Å². The van der Waals surface area contributed by atoms with Gasteiger partial charge < -0.3 is 19.7 Å². The summed E-state index contributed by atoms with van der Waals surface area (Å²) >= 11 is 0. The number of ether oxygens (including phenoxy) is 2. The van der Waals surface area contributed by atoms with Gasteiger partial charge in [0.15, 0.2) is 6.67 Å². The monoisotopic (exact) mass is 418 g/mol. The topological polar surface area (TPSA) is 89.4 Å². The van der Waals surface area contributed by atoms with Crippen LogP contribution in [0.1, 0.15) is 38.7 Å². The summed E-state index contributed by atoms with van der Waals surface area (Å²) in [6, 6.07) is 7.35. The van der Waals surface area contributed by atoms with E-state index in [2.05, 4.69) is 5.32 Å². The number of quaternary nitrogens is 1. The summed E-state index contributed by atoms with van der Waals surface area (Å²) < 4.78 is 10.3. The van der Waals surface area contributed by atoms with E-state index < -0.39 is 5.54 Å². The Labute approximate surface area is 177 Å². The van der Waals surface area contributed by atoms with Crippen LogP contribution in [-0.4, -0.2) is 61.8 Å². The lowest BCUT2D eigenvalue weighted by Crippen LogP contribution is -3.15. The smallest absolute Gasteiger partial charge is 0.329 e. The number of imide groups is 1. The van der Waals surface area contributed by atoms with Crippen molar-refractivity contribution in [2.45, 2.75) is 45.1 Å². The van der Waals surface area contributed by atoms with Gasteiger partial charge in [0.2, 0.25) is 0 Å². The minimum atomic E-state index is -0.924. The van der Waals surface area contributed by atoms with Crippen LogP contribution in [0.25, 0.3) is 0 Å². The molecule has 0 spiro atoms. The van der Waals surface area contributed by atoms with Crippen LogP contribution < -0.4 is 15.0 Å². The molecule has 0 bridgehead atoms. The normalized spacial score (nSPS) is 26.4. The van der Waals surface area contributed by atoms with E-state index in [1.807, 2.05) is 24.3 Å². The molecule has 3 rings (SSSR count). The quantitative estimate of drug-likeness (QED) is 0.481. The molecule has 0 saturated carbocycles. The fourth-order valence-corrected chi connectivity index (χ4v) is 4.23. The highest BCUT2D eigenvalue weighted by molar-refractivity contribution is 6.06. The first-order valence-corrected chi connectivity index (χ1v) is 10.6. The molecule has 164 valence electrons. The molecular weight excluding hydrogens is 386 g/mol. The zero-order valence-electron chi connectivity index (χ0n) is 18.0. The number of nitrogens with zero attached hydrogens (tertiary/aromatic N) is 1. The van der Waals surface area contributed by atoms with Crippen LogP contribution in [0.15, 0.2) is 24.3 Å². The number of aryl methyl sites for hydroxylation is 1. The number of hydrogen-bond donors (Lipinski definition) is 2. The molecule has 30 heavy (non-hydrogen) atoms. The van der Waals surface area contributed by atoms with Crippen molar-refractivity contribution in [2.24, 2.45) is 5.92 Å². The highest BCUT2D eigenvalue weighted by Crippen LogP contribution is 2.23. The molecule has 3 atom stereocenters. The first-order valence-electron chi connectivity index (χ1n) is 10.6. The van der Waals surface area contributed by atoms with Crippen molar-refractivity contribution < 1.29 is 28.8 Å². The third-order valence-corrected chi connectivity index (χ3v) is 6.04. The number of carbonyl (C=O) groups excluding carboxylic acids is 3. The first-order chi connectivity index (χ1) is 14.4. The zero-order valence-corrected chi connectivity index (χ0v) is 18.0. The minimum Gasteiger partial charge on any atom is -0.497 e. The molecule has 8 nitrogen and oxygen atoms in total. The SMILES string of the molecule is CCOC(=O)[C@H]1CCC[NH+](CN2C(=O)N[C@](C)(CCc3ccc(OC)cc3)C2=O)C1. The molecule has 2 aliphatic heterocycles. The maximum absolute atomic E-state index is 13.1. The molecule has 0 radical (unpaired) electrons. The highest BCUT2D eigenvalue weighted by atomic mass is 16.5. The van der Waals surface area contributed by atoms with Gasteiger partial charge in [0.25, 0.3) is 5.91 Å². The van der Waals surface area contributed by atoms with Gasteiger partial charge in [-0.15, -0.1) is 0 Å². The maximum Gasteiger partial charge on any atom is 0.329 e. The number of hydrogen-bond acceptors (Lipinski definition) is 5. The van der Waals surface area contributed by atoms with Gasteiger partial charge in [-0.3, -0.25) is 9.59 Å². The number of rotatable bonds is 8. The third kappa shape index (κ3) is 4.92. The third-order valence-electron chi connectivity index (χ3n) is 6.04. The Hall–Kier alpha value is -2.61. The summed E-state index contributed by atoms with van der Waals surface area (Å²) in [5.74, 6) is 0.228. The van der Waals surface area contributed by atoms with Crippen molar-refractivity contribution in [3.05, 3.63) is 29.8 Å².